The van der Waals surface area contributed by atoms with Crippen LogP contribution in [0.4, 0.5) is 17.2 Å². The number of anilines is 2. The normalized spacial score (nSPS) is 10.2. The van der Waals surface area contributed by atoms with Gasteiger partial charge in [-0.05, 0) is 13.0 Å². The Hall–Kier alpha value is -2.90. The van der Waals surface area contributed by atoms with Gasteiger partial charge >= 0.3 is 5.97 Å². The number of para-hydroxylation sites is 2. The Labute approximate surface area is 120 Å². The van der Waals surface area contributed by atoms with Gasteiger partial charge in [-0.15, -0.1) is 0 Å². The van der Waals surface area contributed by atoms with Gasteiger partial charge in [0.2, 0.25) is 0 Å². The van der Waals surface area contributed by atoms with E-state index in [-0.39, 0.29) is 29.4 Å². The van der Waals surface area contributed by atoms with Crippen molar-refractivity contribution < 1.29 is 14.5 Å². The molecule has 1 N–H and O–H groups in total. The Kier molecular flexibility index (Phi) is 4.17. The van der Waals surface area contributed by atoms with Gasteiger partial charge in [0.15, 0.2) is 5.82 Å². The van der Waals surface area contributed by atoms with Crippen molar-refractivity contribution >= 4 is 23.2 Å². The second kappa shape index (κ2) is 6.04. The summed E-state index contributed by atoms with van der Waals surface area (Å²) >= 11 is 0. The summed E-state index contributed by atoms with van der Waals surface area (Å²) in [5.41, 5.74) is 0.377. The molecule has 1 aromatic heterocycles. The molecule has 0 atom stereocenters. The monoisotopic (exact) mass is 290 g/mol. The molecule has 0 fully saturated rings. The second-order valence-corrected chi connectivity index (χ2v) is 4.18. The minimum atomic E-state index is -0.535. The molecule has 8 nitrogen and oxygen atoms in total. The van der Waals surface area contributed by atoms with Crippen LogP contribution < -0.4 is 5.32 Å². The number of carbonyl (C=O) groups excluding carboxylic acids is 1. The first-order chi connectivity index (χ1) is 10.0. The van der Waals surface area contributed by atoms with Gasteiger partial charge < -0.3 is 10.1 Å². The summed E-state index contributed by atoms with van der Waals surface area (Å²) in [5, 5.41) is 17.9. The van der Waals surface area contributed by atoms with Crippen molar-refractivity contribution in [1.82, 2.24) is 9.78 Å². The molecule has 110 valence electrons. The maximum atomic E-state index is 11.8. The smallest absolute Gasteiger partial charge is 0.343 e. The fourth-order valence-electron chi connectivity index (χ4n) is 1.81. The lowest BCUT2D eigenvalue weighted by molar-refractivity contribution is -0.383. The third-order valence-electron chi connectivity index (χ3n) is 2.68. The number of nitrogens with zero attached hydrogens (tertiary/aromatic N) is 3. The van der Waals surface area contributed by atoms with E-state index in [9.17, 15) is 14.9 Å². The number of nitro benzene ring substituents is 1. The molecule has 0 saturated heterocycles. The summed E-state index contributed by atoms with van der Waals surface area (Å²) in [6.07, 6.45) is 1.50. The Morgan fingerprint density at radius 2 is 2.19 bits per heavy atom. The van der Waals surface area contributed by atoms with Crippen LogP contribution in [0.25, 0.3) is 0 Å². The molecule has 0 aliphatic rings. The van der Waals surface area contributed by atoms with Crippen LogP contribution in [0, 0.1) is 10.1 Å². The molecule has 0 spiro atoms. The third-order valence-corrected chi connectivity index (χ3v) is 2.68. The van der Waals surface area contributed by atoms with E-state index in [0.29, 0.717) is 0 Å². The van der Waals surface area contributed by atoms with Crippen LogP contribution in [-0.4, -0.2) is 27.3 Å². The molecule has 0 amide bonds. The quantitative estimate of drug-likeness (QED) is 0.515. The standard InChI is InChI=1S/C13H14N4O4/c1-3-21-13(18)9-8-16(2)15-12(9)14-10-6-4-5-7-11(10)17(19)20/h4-8H,3H2,1-2H3,(H,14,15). The average molecular weight is 290 g/mol. The minimum Gasteiger partial charge on any atom is -0.462 e. The van der Waals surface area contributed by atoms with E-state index in [1.165, 1.54) is 16.9 Å². The van der Waals surface area contributed by atoms with E-state index in [1.54, 1.807) is 32.2 Å². The molecule has 0 radical (unpaired) electrons. The van der Waals surface area contributed by atoms with E-state index < -0.39 is 10.9 Å². The van der Waals surface area contributed by atoms with Gasteiger partial charge in [0.1, 0.15) is 11.3 Å². The Bertz CT molecular complexity index is 681. The van der Waals surface area contributed by atoms with Gasteiger partial charge in [-0.2, -0.15) is 5.10 Å². The van der Waals surface area contributed by atoms with Crippen molar-refractivity contribution in [3.05, 3.63) is 46.1 Å². The van der Waals surface area contributed by atoms with E-state index in [2.05, 4.69) is 10.4 Å². The summed E-state index contributed by atoms with van der Waals surface area (Å²) in [5.74, 6) is -0.322. The van der Waals surface area contributed by atoms with Crippen molar-refractivity contribution in [2.75, 3.05) is 11.9 Å². The summed E-state index contributed by atoms with van der Waals surface area (Å²) < 4.78 is 6.37. The summed E-state index contributed by atoms with van der Waals surface area (Å²) in [6, 6.07) is 6.13. The first-order valence-electron chi connectivity index (χ1n) is 6.24. The molecule has 0 saturated carbocycles. The van der Waals surface area contributed by atoms with E-state index in [0.717, 1.165) is 0 Å². The minimum absolute atomic E-state index is 0.0991. The molecule has 2 rings (SSSR count). The number of carbonyl (C=O) groups is 1. The fourth-order valence-corrected chi connectivity index (χ4v) is 1.81. The maximum absolute atomic E-state index is 11.8. The van der Waals surface area contributed by atoms with Crippen molar-refractivity contribution in [2.24, 2.45) is 7.05 Å². The lowest BCUT2D eigenvalue weighted by Crippen LogP contribution is -2.07. The van der Waals surface area contributed by atoms with Crippen molar-refractivity contribution in [2.45, 2.75) is 6.92 Å². The third kappa shape index (κ3) is 3.16. The van der Waals surface area contributed by atoms with Gasteiger partial charge in [0.25, 0.3) is 5.69 Å². The van der Waals surface area contributed by atoms with E-state index >= 15 is 0 Å². The maximum Gasteiger partial charge on any atom is 0.343 e. The average Bonchev–Trinajstić information content (AvgIpc) is 2.80. The number of benzene rings is 1. The van der Waals surface area contributed by atoms with Crippen LogP contribution in [0.5, 0.6) is 0 Å². The van der Waals surface area contributed by atoms with Crippen molar-refractivity contribution in [3.8, 4) is 0 Å². The lowest BCUT2D eigenvalue weighted by atomic mass is 10.2. The number of hydrogen-bond acceptors (Lipinski definition) is 6. The molecule has 0 unspecified atom stereocenters. The molecule has 2 aromatic rings. The van der Waals surface area contributed by atoms with Gasteiger partial charge in [-0.25, -0.2) is 4.79 Å². The number of aryl methyl sites for hydroxylation is 1. The molecule has 0 aliphatic carbocycles. The Morgan fingerprint density at radius 3 is 2.86 bits per heavy atom. The molecular weight excluding hydrogens is 276 g/mol. The van der Waals surface area contributed by atoms with Crippen LogP contribution in [0.3, 0.4) is 0 Å². The summed E-state index contributed by atoms with van der Waals surface area (Å²) in [7, 11) is 1.65. The predicted octanol–water partition coefficient (Wildman–Crippen LogP) is 2.25. The summed E-state index contributed by atoms with van der Waals surface area (Å²) in [4.78, 5) is 22.3. The highest BCUT2D eigenvalue weighted by molar-refractivity contribution is 5.95. The summed E-state index contributed by atoms with van der Waals surface area (Å²) in [6.45, 7) is 1.93. The first kappa shape index (κ1) is 14.5. The van der Waals surface area contributed by atoms with Crippen LogP contribution in [0.1, 0.15) is 17.3 Å². The second-order valence-electron chi connectivity index (χ2n) is 4.18. The molecule has 0 bridgehead atoms. The van der Waals surface area contributed by atoms with E-state index in [1.807, 2.05) is 0 Å². The molecule has 0 aliphatic heterocycles. The van der Waals surface area contributed by atoms with Crippen molar-refractivity contribution in [1.29, 1.82) is 0 Å². The zero-order valence-corrected chi connectivity index (χ0v) is 11.6. The van der Waals surface area contributed by atoms with Crippen LogP contribution in [0.2, 0.25) is 0 Å². The largest absolute Gasteiger partial charge is 0.462 e. The number of nitro groups is 1. The van der Waals surface area contributed by atoms with Crippen LogP contribution in [-0.2, 0) is 11.8 Å². The number of esters is 1. The number of ether oxygens (including phenoxy) is 1. The zero-order valence-electron chi connectivity index (χ0n) is 11.6. The Morgan fingerprint density at radius 1 is 1.48 bits per heavy atom. The van der Waals surface area contributed by atoms with Crippen LogP contribution in [0.15, 0.2) is 30.5 Å². The van der Waals surface area contributed by atoms with Crippen molar-refractivity contribution in [3.63, 3.8) is 0 Å². The predicted molar refractivity (Wildman–Crippen MR) is 75.5 cm³/mol. The molecule has 1 aromatic carbocycles. The van der Waals surface area contributed by atoms with Gasteiger partial charge in [-0.1, -0.05) is 12.1 Å². The lowest BCUT2D eigenvalue weighted by Gasteiger charge is -2.06. The number of nitrogens with one attached hydrogen (secondary N) is 1. The molecular formula is C13H14N4O4. The highest BCUT2D eigenvalue weighted by Crippen LogP contribution is 2.28. The molecule has 21 heavy (non-hydrogen) atoms. The number of rotatable bonds is 5. The van der Waals surface area contributed by atoms with Gasteiger partial charge in [0, 0.05) is 19.3 Å². The Balaban J connectivity index is 2.36. The topological polar surface area (TPSA) is 99.3 Å². The SMILES string of the molecule is CCOC(=O)c1cn(C)nc1Nc1ccccc1[N+](=O)[O-]. The highest BCUT2D eigenvalue weighted by atomic mass is 16.6. The van der Waals surface area contributed by atoms with Crippen LogP contribution >= 0.6 is 0 Å². The van der Waals surface area contributed by atoms with E-state index in [4.69, 9.17) is 4.74 Å². The number of aromatic nitrogens is 2. The number of hydrogen-bond donors (Lipinski definition) is 1. The molecule has 1 heterocycles. The van der Waals surface area contributed by atoms with Gasteiger partial charge in [0.05, 0.1) is 11.5 Å². The zero-order chi connectivity index (χ0) is 15.4. The molecule has 8 heteroatoms. The fraction of sp³-hybridized carbons (Fsp3) is 0.231. The van der Waals surface area contributed by atoms with Gasteiger partial charge in [-0.3, -0.25) is 14.8 Å². The first-order valence-corrected chi connectivity index (χ1v) is 6.24. The highest BCUT2D eigenvalue weighted by Gasteiger charge is 2.20.